The first-order valence-electron chi connectivity index (χ1n) is 16.6. The number of ether oxygens (including phenoxy) is 3. The van der Waals surface area contributed by atoms with Gasteiger partial charge in [0, 0.05) is 19.3 Å². The van der Waals surface area contributed by atoms with E-state index in [0.717, 1.165) is 103 Å². The Hall–Kier alpha value is -2.57. The van der Waals surface area contributed by atoms with Crippen LogP contribution >= 0.6 is 0 Å². The summed E-state index contributed by atoms with van der Waals surface area (Å²) in [5.41, 5.74) is 0. The molecular formula is C35H60O7. The third kappa shape index (κ3) is 28.9. The van der Waals surface area contributed by atoms with Crippen LogP contribution in [0.25, 0.3) is 0 Å². The van der Waals surface area contributed by atoms with Gasteiger partial charge < -0.3 is 19.3 Å². The fraction of sp³-hybridized carbons (Fsp3) is 0.743. The highest BCUT2D eigenvalue weighted by Crippen LogP contribution is 2.12. The van der Waals surface area contributed by atoms with Crippen LogP contribution in [-0.4, -0.2) is 42.3 Å². The minimum absolute atomic E-state index is 0.105. The summed E-state index contributed by atoms with van der Waals surface area (Å²) in [6.45, 7) is 3.85. The molecule has 0 saturated carbocycles. The molecule has 0 saturated heterocycles. The molecule has 0 aliphatic carbocycles. The second-order valence-corrected chi connectivity index (χ2v) is 10.9. The number of aliphatic hydroxyl groups is 1. The maximum atomic E-state index is 12.4. The second-order valence-electron chi connectivity index (χ2n) is 10.9. The van der Waals surface area contributed by atoms with Crippen molar-refractivity contribution in [3.8, 4) is 0 Å². The monoisotopic (exact) mass is 592 g/mol. The van der Waals surface area contributed by atoms with Crippen molar-refractivity contribution in [2.24, 2.45) is 0 Å². The lowest BCUT2D eigenvalue weighted by atomic mass is 10.1. The van der Waals surface area contributed by atoms with Gasteiger partial charge in [-0.15, -0.1) is 0 Å². The normalized spacial score (nSPS) is 12.3. The molecule has 0 aromatic heterocycles. The highest BCUT2D eigenvalue weighted by Gasteiger charge is 2.19. The molecule has 0 rings (SSSR count). The van der Waals surface area contributed by atoms with Gasteiger partial charge in [0.05, 0.1) is 6.26 Å². The van der Waals surface area contributed by atoms with Gasteiger partial charge in [0.25, 0.3) is 0 Å². The molecule has 0 spiro atoms. The molecule has 0 amide bonds. The Labute approximate surface area is 256 Å². The molecule has 0 aromatic carbocycles. The van der Waals surface area contributed by atoms with E-state index in [9.17, 15) is 14.4 Å². The van der Waals surface area contributed by atoms with Crippen molar-refractivity contribution in [2.75, 3.05) is 13.2 Å². The lowest BCUT2D eigenvalue weighted by molar-refractivity contribution is -0.167. The summed E-state index contributed by atoms with van der Waals surface area (Å²) in [5, 5.41) is 8.66. The van der Waals surface area contributed by atoms with E-state index in [1.165, 1.54) is 12.8 Å². The van der Waals surface area contributed by atoms with E-state index in [1.54, 1.807) is 6.08 Å². The number of rotatable bonds is 29. The average molecular weight is 593 g/mol. The van der Waals surface area contributed by atoms with Crippen molar-refractivity contribution in [2.45, 2.75) is 155 Å². The number of carbonyl (C=O) groups is 3. The van der Waals surface area contributed by atoms with Crippen LogP contribution in [0.4, 0.5) is 0 Å². The third-order valence-electron chi connectivity index (χ3n) is 6.99. The highest BCUT2D eigenvalue weighted by atomic mass is 16.6. The highest BCUT2D eigenvalue weighted by molar-refractivity contribution is 5.71. The molecule has 0 atom stereocenters. The van der Waals surface area contributed by atoms with Crippen molar-refractivity contribution in [1.29, 1.82) is 0 Å². The van der Waals surface area contributed by atoms with Gasteiger partial charge in [-0.25, -0.2) is 0 Å². The minimum Gasteiger partial charge on any atom is -0.516 e. The van der Waals surface area contributed by atoms with E-state index in [1.807, 2.05) is 13.8 Å². The van der Waals surface area contributed by atoms with Gasteiger partial charge in [0.1, 0.15) is 13.2 Å². The van der Waals surface area contributed by atoms with Crippen LogP contribution in [-0.2, 0) is 28.6 Å². The topological polar surface area (TPSA) is 99.1 Å². The van der Waals surface area contributed by atoms with Gasteiger partial charge in [-0.3, -0.25) is 14.4 Å². The Kier molecular flexibility index (Phi) is 29.4. The van der Waals surface area contributed by atoms with Crippen LogP contribution in [0.5, 0.6) is 0 Å². The van der Waals surface area contributed by atoms with E-state index in [0.29, 0.717) is 19.3 Å². The maximum Gasteiger partial charge on any atom is 0.306 e. The molecule has 1 N–H and O–H groups in total. The Balaban J connectivity index is 4.40. The summed E-state index contributed by atoms with van der Waals surface area (Å²) in [6, 6.07) is 0. The molecule has 0 fully saturated rings. The zero-order valence-corrected chi connectivity index (χ0v) is 26.7. The summed E-state index contributed by atoms with van der Waals surface area (Å²) >= 11 is 0. The van der Waals surface area contributed by atoms with Gasteiger partial charge in [0.15, 0.2) is 6.10 Å². The SMILES string of the molecule is CC=CCCCCCCCC(=O)OCC(COC(=O)CCCCCCCC=CC)OC(=O)CCCCCCCC=CO. The Morgan fingerprint density at radius 2 is 0.881 bits per heavy atom. The van der Waals surface area contributed by atoms with Crippen LogP contribution in [0.1, 0.15) is 149 Å². The zero-order chi connectivity index (χ0) is 30.9. The van der Waals surface area contributed by atoms with Gasteiger partial charge in [-0.1, -0.05) is 88.2 Å². The van der Waals surface area contributed by atoms with Crippen LogP contribution in [0.2, 0.25) is 0 Å². The van der Waals surface area contributed by atoms with Crippen LogP contribution in [0.3, 0.4) is 0 Å². The maximum absolute atomic E-state index is 12.4. The lowest BCUT2D eigenvalue weighted by Crippen LogP contribution is -2.30. The number of esters is 3. The van der Waals surface area contributed by atoms with Gasteiger partial charge in [-0.2, -0.15) is 0 Å². The number of hydrogen-bond acceptors (Lipinski definition) is 7. The fourth-order valence-corrected chi connectivity index (χ4v) is 4.47. The molecule has 7 nitrogen and oxygen atoms in total. The van der Waals surface area contributed by atoms with E-state index in [-0.39, 0.29) is 37.5 Å². The van der Waals surface area contributed by atoms with Crippen molar-refractivity contribution >= 4 is 17.9 Å². The standard InChI is InChI=1S/C35H60O7/c1-3-5-7-9-11-14-18-22-26-33(37)40-30-32(42-35(39)28-24-20-16-13-17-21-25-29-36)31-41-34(38)27-23-19-15-12-10-8-6-4-2/h3-6,25,29,32,36H,7-24,26-28,30-31H2,1-2H3. The molecule has 0 heterocycles. The van der Waals surface area contributed by atoms with Gasteiger partial charge in [-0.05, 0) is 71.6 Å². The van der Waals surface area contributed by atoms with E-state index in [2.05, 4.69) is 24.3 Å². The predicted octanol–water partition coefficient (Wildman–Crippen LogP) is 9.40. The van der Waals surface area contributed by atoms with Gasteiger partial charge in [0.2, 0.25) is 0 Å². The van der Waals surface area contributed by atoms with Crippen LogP contribution < -0.4 is 0 Å². The number of hydrogen-bond donors (Lipinski definition) is 1. The largest absolute Gasteiger partial charge is 0.516 e. The average Bonchev–Trinajstić information content (AvgIpc) is 2.98. The summed E-state index contributed by atoms with van der Waals surface area (Å²) in [5.74, 6) is -1.00. The lowest BCUT2D eigenvalue weighted by Gasteiger charge is -2.18. The zero-order valence-electron chi connectivity index (χ0n) is 26.7. The van der Waals surface area contributed by atoms with E-state index in [4.69, 9.17) is 19.3 Å². The summed E-state index contributed by atoms with van der Waals surface area (Å²) < 4.78 is 16.3. The first kappa shape index (κ1) is 39.4. The Morgan fingerprint density at radius 1 is 0.524 bits per heavy atom. The van der Waals surface area contributed by atoms with E-state index < -0.39 is 6.10 Å². The van der Waals surface area contributed by atoms with Crippen LogP contribution in [0.15, 0.2) is 36.6 Å². The third-order valence-corrected chi connectivity index (χ3v) is 6.99. The van der Waals surface area contributed by atoms with Gasteiger partial charge >= 0.3 is 17.9 Å². The molecule has 0 bridgehead atoms. The molecule has 7 heteroatoms. The van der Waals surface area contributed by atoms with E-state index >= 15 is 0 Å². The molecule has 42 heavy (non-hydrogen) atoms. The first-order valence-corrected chi connectivity index (χ1v) is 16.6. The quantitative estimate of drug-likeness (QED) is 0.0304. The summed E-state index contributed by atoms with van der Waals surface area (Å²) in [4.78, 5) is 37.0. The van der Waals surface area contributed by atoms with Crippen molar-refractivity contribution < 1.29 is 33.7 Å². The second kappa shape index (κ2) is 31.4. The molecule has 0 unspecified atom stereocenters. The minimum atomic E-state index is -0.797. The Bertz CT molecular complexity index is 700. The number of allylic oxidation sites excluding steroid dienone is 5. The van der Waals surface area contributed by atoms with Crippen LogP contribution in [0, 0.1) is 0 Å². The number of aliphatic hydroxyl groups excluding tert-OH is 1. The Morgan fingerprint density at radius 3 is 1.29 bits per heavy atom. The molecule has 0 radical (unpaired) electrons. The molecular weight excluding hydrogens is 532 g/mol. The molecule has 0 aliphatic rings. The first-order chi connectivity index (χ1) is 20.5. The van der Waals surface area contributed by atoms with Crippen molar-refractivity contribution in [3.05, 3.63) is 36.6 Å². The summed E-state index contributed by atoms with van der Waals surface area (Å²) in [6.07, 6.45) is 29.5. The summed E-state index contributed by atoms with van der Waals surface area (Å²) in [7, 11) is 0. The smallest absolute Gasteiger partial charge is 0.306 e. The predicted molar refractivity (Wildman–Crippen MR) is 170 cm³/mol. The number of carbonyl (C=O) groups excluding carboxylic acids is 3. The van der Waals surface area contributed by atoms with Crippen molar-refractivity contribution in [3.63, 3.8) is 0 Å². The molecule has 242 valence electrons. The number of unbranched alkanes of at least 4 members (excludes halogenated alkanes) is 15. The fourth-order valence-electron chi connectivity index (χ4n) is 4.47. The molecule has 0 aromatic rings. The molecule has 0 aliphatic heterocycles. The van der Waals surface area contributed by atoms with Crippen molar-refractivity contribution in [1.82, 2.24) is 0 Å².